The Balaban J connectivity index is 2.53. The van der Waals surface area contributed by atoms with Gasteiger partial charge in [0.2, 0.25) is 0 Å². The highest BCUT2D eigenvalue weighted by Gasteiger charge is 2.17. The SMILES string of the molecule is C=CC(C)(CCCC(C)C)N=Cc1ccco1. The Bertz CT molecular complexity index is 351. The summed E-state index contributed by atoms with van der Waals surface area (Å²) < 4.78 is 5.23. The van der Waals surface area contributed by atoms with Crippen LogP contribution in [0.4, 0.5) is 0 Å². The molecule has 1 unspecified atom stereocenters. The number of hydrogen-bond donors (Lipinski definition) is 0. The molecule has 0 aliphatic rings. The molecule has 0 fully saturated rings. The number of rotatable bonds is 7. The van der Waals surface area contributed by atoms with Gasteiger partial charge in [-0.3, -0.25) is 4.99 Å². The lowest BCUT2D eigenvalue weighted by Crippen LogP contribution is -2.18. The quantitative estimate of drug-likeness (QED) is 0.504. The third-order valence-electron chi connectivity index (χ3n) is 2.93. The van der Waals surface area contributed by atoms with Crippen molar-refractivity contribution in [3.63, 3.8) is 0 Å². The largest absolute Gasteiger partial charge is 0.463 e. The van der Waals surface area contributed by atoms with E-state index in [0.717, 1.165) is 18.1 Å². The van der Waals surface area contributed by atoms with Gasteiger partial charge in [0.15, 0.2) is 0 Å². The molecule has 0 N–H and O–H groups in total. The van der Waals surface area contributed by atoms with E-state index >= 15 is 0 Å². The molecule has 1 atom stereocenters. The van der Waals surface area contributed by atoms with Crippen LogP contribution < -0.4 is 0 Å². The highest BCUT2D eigenvalue weighted by Crippen LogP contribution is 2.21. The molecule has 94 valence electrons. The molecular formula is C15H23NO. The lowest BCUT2D eigenvalue weighted by molar-refractivity contribution is 0.460. The minimum Gasteiger partial charge on any atom is -0.463 e. The molecule has 1 heterocycles. The molecule has 0 aliphatic heterocycles. The Morgan fingerprint density at radius 1 is 1.53 bits per heavy atom. The summed E-state index contributed by atoms with van der Waals surface area (Å²) >= 11 is 0. The Hall–Kier alpha value is -1.31. The fourth-order valence-electron chi connectivity index (χ4n) is 1.66. The van der Waals surface area contributed by atoms with Crippen LogP contribution in [0.15, 0.2) is 40.5 Å². The average Bonchev–Trinajstić information content (AvgIpc) is 2.79. The van der Waals surface area contributed by atoms with Crippen molar-refractivity contribution in [2.45, 2.75) is 45.6 Å². The number of hydrogen-bond acceptors (Lipinski definition) is 2. The fraction of sp³-hybridized carbons (Fsp3) is 0.533. The van der Waals surface area contributed by atoms with Crippen LogP contribution in [0, 0.1) is 5.92 Å². The maximum atomic E-state index is 5.23. The second kappa shape index (κ2) is 6.43. The Labute approximate surface area is 104 Å². The van der Waals surface area contributed by atoms with Gasteiger partial charge in [0.25, 0.3) is 0 Å². The van der Waals surface area contributed by atoms with Gasteiger partial charge in [-0.2, -0.15) is 0 Å². The van der Waals surface area contributed by atoms with Crippen LogP contribution >= 0.6 is 0 Å². The first-order valence-corrected chi connectivity index (χ1v) is 6.28. The van der Waals surface area contributed by atoms with Crippen molar-refractivity contribution in [3.8, 4) is 0 Å². The molecule has 0 aliphatic carbocycles. The molecule has 1 rings (SSSR count). The van der Waals surface area contributed by atoms with Crippen LogP contribution in [0.2, 0.25) is 0 Å². The third-order valence-corrected chi connectivity index (χ3v) is 2.93. The van der Waals surface area contributed by atoms with E-state index in [0.29, 0.717) is 0 Å². The topological polar surface area (TPSA) is 25.5 Å². The van der Waals surface area contributed by atoms with Crippen LogP contribution in [0.3, 0.4) is 0 Å². The van der Waals surface area contributed by atoms with Crippen LogP contribution in [-0.4, -0.2) is 11.8 Å². The average molecular weight is 233 g/mol. The maximum Gasteiger partial charge on any atom is 0.144 e. The molecule has 1 aromatic heterocycles. The highest BCUT2D eigenvalue weighted by molar-refractivity contribution is 5.76. The third kappa shape index (κ3) is 5.03. The van der Waals surface area contributed by atoms with Crippen LogP contribution in [0.1, 0.15) is 45.8 Å². The van der Waals surface area contributed by atoms with Gasteiger partial charge >= 0.3 is 0 Å². The molecule has 0 bridgehead atoms. The van der Waals surface area contributed by atoms with Crippen molar-refractivity contribution in [3.05, 3.63) is 36.8 Å². The fourth-order valence-corrected chi connectivity index (χ4v) is 1.66. The van der Waals surface area contributed by atoms with E-state index in [-0.39, 0.29) is 5.54 Å². The zero-order valence-electron chi connectivity index (χ0n) is 11.1. The summed E-state index contributed by atoms with van der Waals surface area (Å²) in [5.41, 5.74) is -0.179. The molecule has 0 saturated heterocycles. The Kier molecular flexibility index (Phi) is 5.20. The van der Waals surface area contributed by atoms with E-state index in [4.69, 9.17) is 4.42 Å². The van der Waals surface area contributed by atoms with E-state index in [9.17, 15) is 0 Å². The first-order valence-electron chi connectivity index (χ1n) is 6.28. The number of furan rings is 1. The summed E-state index contributed by atoms with van der Waals surface area (Å²) in [6.07, 6.45) is 8.82. The van der Waals surface area contributed by atoms with Crippen LogP contribution in [0.25, 0.3) is 0 Å². The van der Waals surface area contributed by atoms with E-state index < -0.39 is 0 Å². The minimum atomic E-state index is -0.179. The summed E-state index contributed by atoms with van der Waals surface area (Å²) in [6, 6.07) is 3.77. The van der Waals surface area contributed by atoms with Gasteiger partial charge in [0.1, 0.15) is 5.76 Å². The van der Waals surface area contributed by atoms with Crippen molar-refractivity contribution >= 4 is 6.21 Å². The smallest absolute Gasteiger partial charge is 0.144 e. The van der Waals surface area contributed by atoms with Gasteiger partial charge < -0.3 is 4.42 Å². The van der Waals surface area contributed by atoms with Crippen LogP contribution in [-0.2, 0) is 0 Å². The van der Waals surface area contributed by atoms with Gasteiger partial charge in [-0.25, -0.2) is 0 Å². The van der Waals surface area contributed by atoms with Gasteiger partial charge in [-0.15, -0.1) is 6.58 Å². The molecule has 2 nitrogen and oxygen atoms in total. The zero-order chi connectivity index (χ0) is 12.7. The van der Waals surface area contributed by atoms with Gasteiger partial charge in [0, 0.05) is 0 Å². The molecule has 0 saturated carbocycles. The van der Waals surface area contributed by atoms with Crippen molar-refractivity contribution in [2.75, 3.05) is 0 Å². The lowest BCUT2D eigenvalue weighted by Gasteiger charge is -2.20. The van der Waals surface area contributed by atoms with E-state index in [1.165, 1.54) is 12.8 Å². The second-order valence-corrected chi connectivity index (χ2v) is 5.12. The standard InChI is InChI=1S/C15H23NO/c1-5-15(4,10-6-8-13(2)3)16-12-14-9-7-11-17-14/h5,7,9,11-13H,1,6,8,10H2,2-4H3. The van der Waals surface area contributed by atoms with E-state index in [1.807, 2.05) is 18.2 Å². The number of nitrogens with zero attached hydrogens (tertiary/aromatic N) is 1. The molecule has 0 radical (unpaired) electrons. The first-order chi connectivity index (χ1) is 8.06. The maximum absolute atomic E-state index is 5.23. The summed E-state index contributed by atoms with van der Waals surface area (Å²) in [6.45, 7) is 10.5. The predicted octanol–water partition coefficient (Wildman–Crippen LogP) is 4.47. The van der Waals surface area contributed by atoms with Gasteiger partial charge in [0.05, 0.1) is 18.0 Å². The molecular weight excluding hydrogens is 210 g/mol. The molecule has 1 aromatic rings. The molecule has 0 aromatic carbocycles. The van der Waals surface area contributed by atoms with Crippen molar-refractivity contribution < 1.29 is 4.42 Å². The first kappa shape index (κ1) is 13.8. The lowest BCUT2D eigenvalue weighted by atomic mass is 9.93. The highest BCUT2D eigenvalue weighted by atomic mass is 16.3. The summed E-state index contributed by atoms with van der Waals surface area (Å²) in [5, 5.41) is 0. The second-order valence-electron chi connectivity index (χ2n) is 5.12. The predicted molar refractivity (Wildman–Crippen MR) is 73.6 cm³/mol. The summed E-state index contributed by atoms with van der Waals surface area (Å²) in [5.74, 6) is 1.54. The number of aliphatic imine (C=N–C) groups is 1. The Morgan fingerprint density at radius 3 is 2.82 bits per heavy atom. The summed E-state index contributed by atoms with van der Waals surface area (Å²) in [4.78, 5) is 4.58. The van der Waals surface area contributed by atoms with Gasteiger partial charge in [-0.05, 0) is 31.4 Å². The van der Waals surface area contributed by atoms with Gasteiger partial charge in [-0.1, -0.05) is 32.8 Å². The zero-order valence-corrected chi connectivity index (χ0v) is 11.1. The van der Waals surface area contributed by atoms with E-state index in [1.54, 1.807) is 12.5 Å². The van der Waals surface area contributed by atoms with E-state index in [2.05, 4.69) is 32.3 Å². The molecule has 0 amide bonds. The monoisotopic (exact) mass is 233 g/mol. The van der Waals surface area contributed by atoms with Crippen molar-refractivity contribution in [1.82, 2.24) is 0 Å². The summed E-state index contributed by atoms with van der Waals surface area (Å²) in [7, 11) is 0. The Morgan fingerprint density at radius 2 is 2.29 bits per heavy atom. The molecule has 2 heteroatoms. The van der Waals surface area contributed by atoms with Crippen molar-refractivity contribution in [2.24, 2.45) is 10.9 Å². The molecule has 0 spiro atoms. The van der Waals surface area contributed by atoms with Crippen LogP contribution in [0.5, 0.6) is 0 Å². The normalized spacial score (nSPS) is 15.3. The van der Waals surface area contributed by atoms with Crippen molar-refractivity contribution in [1.29, 1.82) is 0 Å². The minimum absolute atomic E-state index is 0.179. The molecule has 17 heavy (non-hydrogen) atoms.